The Labute approximate surface area is 115 Å². The Morgan fingerprint density at radius 2 is 2.39 bits per heavy atom. The van der Waals surface area contributed by atoms with Gasteiger partial charge in [-0.2, -0.15) is 11.8 Å². The van der Waals surface area contributed by atoms with Crippen LogP contribution in [-0.4, -0.2) is 37.1 Å². The summed E-state index contributed by atoms with van der Waals surface area (Å²) in [5.74, 6) is 2.29. The maximum Gasteiger partial charge on any atom is 0.191 e. The molecule has 0 amide bonds. The average molecular weight is 267 g/mol. The van der Waals surface area contributed by atoms with E-state index < -0.39 is 0 Å². The molecule has 0 radical (unpaired) electrons. The van der Waals surface area contributed by atoms with Crippen molar-refractivity contribution in [3.05, 3.63) is 11.6 Å². The summed E-state index contributed by atoms with van der Waals surface area (Å²) in [6.45, 7) is 2.05. The summed E-state index contributed by atoms with van der Waals surface area (Å²) in [4.78, 5) is 4.28. The fourth-order valence-corrected chi connectivity index (χ4v) is 3.74. The SMILES string of the molecule is CN=C(NCCC1=CCCC1)NCC1CCCS1. The van der Waals surface area contributed by atoms with Crippen molar-refractivity contribution in [1.29, 1.82) is 0 Å². The molecule has 1 heterocycles. The number of thioether (sulfide) groups is 1. The molecule has 2 N–H and O–H groups in total. The van der Waals surface area contributed by atoms with Gasteiger partial charge in [-0.15, -0.1) is 0 Å². The third-order valence-electron chi connectivity index (χ3n) is 3.62. The molecule has 0 aromatic rings. The largest absolute Gasteiger partial charge is 0.356 e. The molecule has 0 saturated carbocycles. The molecule has 0 spiro atoms. The van der Waals surface area contributed by atoms with Gasteiger partial charge < -0.3 is 10.6 Å². The van der Waals surface area contributed by atoms with Gasteiger partial charge >= 0.3 is 0 Å². The van der Waals surface area contributed by atoms with Crippen molar-refractivity contribution in [2.24, 2.45) is 4.99 Å². The predicted octanol–water partition coefficient (Wildman–Crippen LogP) is 2.55. The molecule has 4 heteroatoms. The van der Waals surface area contributed by atoms with Crippen LogP contribution in [0.2, 0.25) is 0 Å². The standard InChI is InChI=1S/C14H25N3S/c1-15-14(17-11-13-7-4-10-18-13)16-9-8-12-5-2-3-6-12/h5,13H,2-4,6-11H2,1H3,(H2,15,16,17). The van der Waals surface area contributed by atoms with Crippen LogP contribution in [0.15, 0.2) is 16.6 Å². The van der Waals surface area contributed by atoms with Crippen LogP contribution >= 0.6 is 11.8 Å². The molecule has 2 aliphatic rings. The van der Waals surface area contributed by atoms with Crippen molar-refractivity contribution in [2.45, 2.75) is 43.8 Å². The number of hydrogen-bond donors (Lipinski definition) is 2. The van der Waals surface area contributed by atoms with Crippen molar-refractivity contribution < 1.29 is 0 Å². The Kier molecular flexibility index (Phi) is 5.91. The predicted molar refractivity (Wildman–Crippen MR) is 81.4 cm³/mol. The van der Waals surface area contributed by atoms with Gasteiger partial charge in [0, 0.05) is 25.4 Å². The highest BCUT2D eigenvalue weighted by atomic mass is 32.2. The lowest BCUT2D eigenvalue weighted by molar-refractivity contribution is 0.721. The van der Waals surface area contributed by atoms with Crippen molar-refractivity contribution in [2.75, 3.05) is 25.9 Å². The van der Waals surface area contributed by atoms with Crippen LogP contribution in [0.25, 0.3) is 0 Å². The molecule has 2 rings (SSSR count). The first kappa shape index (κ1) is 13.8. The molecule has 3 nitrogen and oxygen atoms in total. The third-order valence-corrected chi connectivity index (χ3v) is 5.02. The zero-order valence-electron chi connectivity index (χ0n) is 11.4. The minimum atomic E-state index is 0.779. The summed E-state index contributed by atoms with van der Waals surface area (Å²) < 4.78 is 0. The van der Waals surface area contributed by atoms with Crippen LogP contribution < -0.4 is 10.6 Å². The molecular weight excluding hydrogens is 242 g/mol. The van der Waals surface area contributed by atoms with Crippen molar-refractivity contribution in [3.63, 3.8) is 0 Å². The van der Waals surface area contributed by atoms with E-state index in [-0.39, 0.29) is 0 Å². The van der Waals surface area contributed by atoms with Crippen LogP contribution in [-0.2, 0) is 0 Å². The number of rotatable bonds is 5. The summed E-state index contributed by atoms with van der Waals surface area (Å²) in [7, 11) is 1.85. The molecule has 18 heavy (non-hydrogen) atoms. The van der Waals surface area contributed by atoms with Gasteiger partial charge in [0.2, 0.25) is 0 Å². The number of nitrogens with zero attached hydrogens (tertiary/aromatic N) is 1. The number of guanidine groups is 1. The highest BCUT2D eigenvalue weighted by Crippen LogP contribution is 2.25. The molecule has 0 bridgehead atoms. The molecule has 0 aromatic heterocycles. The van der Waals surface area contributed by atoms with Gasteiger partial charge in [0.1, 0.15) is 0 Å². The average Bonchev–Trinajstić information content (AvgIpc) is 3.06. The van der Waals surface area contributed by atoms with Gasteiger partial charge in [0.05, 0.1) is 0 Å². The summed E-state index contributed by atoms with van der Waals surface area (Å²) >= 11 is 2.08. The van der Waals surface area contributed by atoms with Gasteiger partial charge in [-0.1, -0.05) is 11.6 Å². The van der Waals surface area contributed by atoms with E-state index in [1.165, 1.54) is 44.3 Å². The van der Waals surface area contributed by atoms with Gasteiger partial charge in [0.25, 0.3) is 0 Å². The monoisotopic (exact) mass is 267 g/mol. The summed E-state index contributed by atoms with van der Waals surface area (Å²) in [5.41, 5.74) is 1.62. The van der Waals surface area contributed by atoms with Crippen LogP contribution in [0, 0.1) is 0 Å². The highest BCUT2D eigenvalue weighted by Gasteiger charge is 2.15. The molecule has 1 saturated heterocycles. The number of nitrogens with one attached hydrogen (secondary N) is 2. The lowest BCUT2D eigenvalue weighted by atomic mass is 10.2. The topological polar surface area (TPSA) is 36.4 Å². The van der Waals surface area contributed by atoms with Crippen molar-refractivity contribution >= 4 is 17.7 Å². The fraction of sp³-hybridized carbons (Fsp3) is 0.786. The zero-order chi connectivity index (χ0) is 12.6. The normalized spacial score (nSPS) is 24.2. The minimum Gasteiger partial charge on any atom is -0.356 e. The maximum atomic E-state index is 4.28. The Morgan fingerprint density at radius 1 is 1.44 bits per heavy atom. The van der Waals surface area contributed by atoms with Crippen LogP contribution in [0.3, 0.4) is 0 Å². The summed E-state index contributed by atoms with van der Waals surface area (Å²) in [5, 5.41) is 7.62. The van der Waals surface area contributed by atoms with Gasteiger partial charge in [-0.25, -0.2) is 0 Å². The Morgan fingerprint density at radius 3 is 3.06 bits per heavy atom. The van der Waals surface area contributed by atoms with E-state index in [0.717, 1.165) is 24.3 Å². The highest BCUT2D eigenvalue weighted by molar-refractivity contribution is 8.00. The lowest BCUT2D eigenvalue weighted by Gasteiger charge is -2.14. The molecule has 1 fully saturated rings. The number of allylic oxidation sites excluding steroid dienone is 1. The molecular formula is C14H25N3S. The van der Waals surface area contributed by atoms with E-state index >= 15 is 0 Å². The molecule has 1 aliphatic carbocycles. The Balaban J connectivity index is 1.59. The van der Waals surface area contributed by atoms with Gasteiger partial charge in [-0.3, -0.25) is 4.99 Å². The Bertz CT molecular complexity index is 306. The second kappa shape index (κ2) is 7.72. The fourth-order valence-electron chi connectivity index (χ4n) is 2.54. The first-order chi connectivity index (χ1) is 8.88. The van der Waals surface area contributed by atoms with Gasteiger partial charge in [0.15, 0.2) is 5.96 Å². The summed E-state index contributed by atoms with van der Waals surface area (Å²) in [6.07, 6.45) is 10.2. The van der Waals surface area contributed by atoms with Crippen molar-refractivity contribution in [1.82, 2.24) is 10.6 Å². The van der Waals surface area contributed by atoms with E-state index in [1.807, 2.05) is 7.05 Å². The van der Waals surface area contributed by atoms with Gasteiger partial charge in [-0.05, 0) is 44.3 Å². The molecule has 1 atom stereocenters. The Hall–Kier alpha value is -0.640. The molecule has 0 aromatic carbocycles. The number of aliphatic imine (C=N–C) groups is 1. The third kappa shape index (κ3) is 4.56. The molecule has 1 aliphatic heterocycles. The smallest absolute Gasteiger partial charge is 0.191 e. The lowest BCUT2D eigenvalue weighted by Crippen LogP contribution is -2.40. The first-order valence-electron chi connectivity index (χ1n) is 7.12. The van der Waals surface area contributed by atoms with E-state index in [9.17, 15) is 0 Å². The second-order valence-corrected chi connectivity index (χ2v) is 6.43. The first-order valence-corrected chi connectivity index (χ1v) is 8.17. The summed E-state index contributed by atoms with van der Waals surface area (Å²) in [6, 6.07) is 0. The van der Waals surface area contributed by atoms with E-state index in [4.69, 9.17) is 0 Å². The molecule has 102 valence electrons. The molecule has 1 unspecified atom stereocenters. The minimum absolute atomic E-state index is 0.779. The van der Waals surface area contributed by atoms with E-state index in [1.54, 1.807) is 5.57 Å². The second-order valence-electron chi connectivity index (χ2n) is 5.02. The number of hydrogen-bond acceptors (Lipinski definition) is 2. The van der Waals surface area contributed by atoms with Crippen LogP contribution in [0.4, 0.5) is 0 Å². The zero-order valence-corrected chi connectivity index (χ0v) is 12.2. The van der Waals surface area contributed by atoms with Crippen molar-refractivity contribution in [3.8, 4) is 0 Å². The van der Waals surface area contributed by atoms with Crippen LogP contribution in [0.1, 0.15) is 38.5 Å². The maximum absolute atomic E-state index is 4.28. The van der Waals surface area contributed by atoms with Crippen LogP contribution in [0.5, 0.6) is 0 Å². The van der Waals surface area contributed by atoms with E-state index in [2.05, 4.69) is 33.5 Å². The van der Waals surface area contributed by atoms with E-state index in [0.29, 0.717) is 0 Å². The quantitative estimate of drug-likeness (QED) is 0.456.